The Kier molecular flexibility index (Phi) is 6.88. The first-order valence-corrected chi connectivity index (χ1v) is 11.8. The van der Waals surface area contributed by atoms with Gasteiger partial charge in [0.2, 0.25) is 0 Å². The van der Waals surface area contributed by atoms with Gasteiger partial charge in [-0.3, -0.25) is 4.79 Å². The van der Waals surface area contributed by atoms with Crippen molar-refractivity contribution in [2.75, 3.05) is 18.4 Å². The molecule has 2 unspecified atom stereocenters. The number of thiazole rings is 1. The molecule has 1 aromatic carbocycles. The van der Waals surface area contributed by atoms with Crippen LogP contribution in [0.5, 0.6) is 0 Å². The number of pyridine rings is 1. The van der Waals surface area contributed by atoms with Crippen molar-refractivity contribution in [2.45, 2.75) is 38.9 Å². The summed E-state index contributed by atoms with van der Waals surface area (Å²) in [4.78, 5) is 24.5. The molecule has 10 heteroatoms. The molecule has 3 heterocycles. The highest BCUT2D eigenvalue weighted by molar-refractivity contribution is 7.15. The van der Waals surface area contributed by atoms with Crippen LogP contribution < -0.4 is 5.32 Å². The van der Waals surface area contributed by atoms with Gasteiger partial charge < -0.3 is 10.2 Å². The van der Waals surface area contributed by atoms with Gasteiger partial charge in [-0.05, 0) is 55.5 Å². The summed E-state index contributed by atoms with van der Waals surface area (Å²) in [6.45, 7) is 4.62. The zero-order valence-corrected chi connectivity index (χ0v) is 19.5. The number of nitrogens with one attached hydrogen (secondary N) is 1. The molecule has 0 aliphatic carbocycles. The molecule has 4 rings (SSSR count). The number of aromatic nitrogens is 2. The lowest BCUT2D eigenvalue weighted by atomic mass is 9.90. The third kappa shape index (κ3) is 5.22. The van der Waals surface area contributed by atoms with E-state index < -0.39 is 11.7 Å². The first kappa shape index (κ1) is 24.1. The van der Waals surface area contributed by atoms with Crippen molar-refractivity contribution in [1.82, 2.24) is 14.9 Å². The van der Waals surface area contributed by atoms with Gasteiger partial charge in [-0.15, -0.1) is 11.3 Å². The minimum atomic E-state index is -4.46. The Bertz CT molecular complexity index is 1160. The van der Waals surface area contributed by atoms with Crippen molar-refractivity contribution < 1.29 is 22.4 Å². The summed E-state index contributed by atoms with van der Waals surface area (Å²) in [6.07, 6.45) is -1.63. The molecule has 1 aliphatic rings. The molecule has 1 N–H and O–H groups in total. The number of amides is 1. The molecule has 1 saturated heterocycles. The fraction of sp³-hybridized carbons (Fsp3) is 0.375. The van der Waals surface area contributed by atoms with Crippen LogP contribution in [-0.4, -0.2) is 39.9 Å². The van der Waals surface area contributed by atoms with Crippen molar-refractivity contribution >= 4 is 23.1 Å². The van der Waals surface area contributed by atoms with E-state index in [0.29, 0.717) is 22.7 Å². The number of benzene rings is 1. The zero-order chi connectivity index (χ0) is 24.5. The van der Waals surface area contributed by atoms with Crippen LogP contribution in [0, 0.1) is 18.7 Å². The molecule has 1 fully saturated rings. The van der Waals surface area contributed by atoms with E-state index in [0.717, 1.165) is 36.2 Å². The smallest absolute Gasteiger partial charge is 0.368 e. The second-order valence-electron chi connectivity index (χ2n) is 8.41. The number of hydrogen-bond acceptors (Lipinski definition) is 5. The second kappa shape index (κ2) is 9.69. The van der Waals surface area contributed by atoms with E-state index >= 15 is 0 Å². The number of carbonyl (C=O) groups is 1. The Hall–Kier alpha value is -3.01. The lowest BCUT2D eigenvalue weighted by Crippen LogP contribution is -2.51. The summed E-state index contributed by atoms with van der Waals surface area (Å²) in [5, 5.41) is 3.70. The molecular weight excluding hydrogens is 468 g/mol. The highest BCUT2D eigenvalue weighted by atomic mass is 32.1. The molecule has 1 amide bonds. The molecule has 0 radical (unpaired) electrons. The van der Waals surface area contributed by atoms with E-state index in [9.17, 15) is 22.4 Å². The minimum absolute atomic E-state index is 0.108. The average Bonchev–Trinajstić information content (AvgIpc) is 3.19. The predicted molar refractivity (Wildman–Crippen MR) is 123 cm³/mol. The van der Waals surface area contributed by atoms with E-state index in [-0.39, 0.29) is 36.0 Å². The SMILES string of the molecule is Cc1nc(C(=O)N2CCCC(C)C2CNc2cc(C(F)(F)F)ccn2)c(-c2ccc(F)cc2)s1. The molecule has 5 nitrogen and oxygen atoms in total. The monoisotopic (exact) mass is 492 g/mol. The van der Waals surface area contributed by atoms with Gasteiger partial charge >= 0.3 is 6.18 Å². The van der Waals surface area contributed by atoms with Gasteiger partial charge in [0.05, 0.1) is 21.5 Å². The highest BCUT2D eigenvalue weighted by Crippen LogP contribution is 2.34. The molecule has 0 saturated carbocycles. The number of alkyl halides is 3. The van der Waals surface area contributed by atoms with Crippen molar-refractivity contribution in [3.63, 3.8) is 0 Å². The Morgan fingerprint density at radius 1 is 1.24 bits per heavy atom. The fourth-order valence-electron chi connectivity index (χ4n) is 4.23. The van der Waals surface area contributed by atoms with Gasteiger partial charge in [0.1, 0.15) is 17.3 Å². The Morgan fingerprint density at radius 3 is 2.68 bits per heavy atom. The minimum Gasteiger partial charge on any atom is -0.368 e. The normalized spacial score (nSPS) is 18.7. The fourth-order valence-corrected chi connectivity index (χ4v) is 5.15. The standard InChI is InChI=1S/C24H24F4N4OS/c1-14-4-3-11-32(19(14)13-30-20-12-17(9-10-29-20)24(26,27)28)23(33)21-22(34-15(2)31-21)16-5-7-18(25)8-6-16/h5-10,12,14,19H,3-4,11,13H2,1-2H3,(H,29,30). The molecule has 3 aromatic rings. The number of anilines is 1. The third-order valence-electron chi connectivity index (χ3n) is 6.00. The van der Waals surface area contributed by atoms with Gasteiger partial charge in [-0.2, -0.15) is 13.2 Å². The molecule has 1 aliphatic heterocycles. The number of likely N-dealkylation sites (tertiary alicyclic amines) is 1. The van der Waals surface area contributed by atoms with Crippen LogP contribution in [-0.2, 0) is 6.18 Å². The van der Waals surface area contributed by atoms with Gasteiger partial charge in [0.25, 0.3) is 5.91 Å². The summed E-state index contributed by atoms with van der Waals surface area (Å²) in [7, 11) is 0. The number of nitrogens with zero attached hydrogens (tertiary/aromatic N) is 3. The van der Waals surface area contributed by atoms with Crippen molar-refractivity contribution in [2.24, 2.45) is 5.92 Å². The van der Waals surface area contributed by atoms with Crippen molar-refractivity contribution in [3.8, 4) is 10.4 Å². The summed E-state index contributed by atoms with van der Waals surface area (Å²) >= 11 is 1.37. The number of piperidine rings is 1. The van der Waals surface area contributed by atoms with E-state index in [2.05, 4.69) is 15.3 Å². The first-order valence-electron chi connectivity index (χ1n) is 10.9. The molecule has 0 spiro atoms. The quantitative estimate of drug-likeness (QED) is 0.442. The molecular formula is C24H24F4N4OS. The Balaban J connectivity index is 1.57. The topological polar surface area (TPSA) is 58.1 Å². The predicted octanol–water partition coefficient (Wildman–Crippen LogP) is 6.02. The van der Waals surface area contributed by atoms with Gasteiger partial charge in [-0.1, -0.05) is 19.1 Å². The highest BCUT2D eigenvalue weighted by Gasteiger charge is 2.35. The Labute approximate surface area is 198 Å². The van der Waals surface area contributed by atoms with E-state index in [1.165, 1.54) is 23.5 Å². The summed E-state index contributed by atoms with van der Waals surface area (Å²) in [6, 6.07) is 7.57. The number of halogens is 4. The molecule has 34 heavy (non-hydrogen) atoms. The number of aryl methyl sites for hydroxylation is 1. The number of rotatable bonds is 5. The van der Waals surface area contributed by atoms with Crippen LogP contribution in [0.3, 0.4) is 0 Å². The molecule has 180 valence electrons. The van der Waals surface area contributed by atoms with E-state index in [1.807, 2.05) is 13.8 Å². The van der Waals surface area contributed by atoms with E-state index in [4.69, 9.17) is 0 Å². The number of carbonyl (C=O) groups excluding carboxylic acids is 1. The first-order chi connectivity index (χ1) is 16.1. The average molecular weight is 493 g/mol. The Morgan fingerprint density at radius 2 is 1.97 bits per heavy atom. The zero-order valence-electron chi connectivity index (χ0n) is 18.7. The maximum Gasteiger partial charge on any atom is 0.416 e. The van der Waals surface area contributed by atoms with Crippen LogP contribution in [0.2, 0.25) is 0 Å². The number of hydrogen-bond donors (Lipinski definition) is 1. The lowest BCUT2D eigenvalue weighted by molar-refractivity contribution is -0.137. The van der Waals surface area contributed by atoms with Crippen molar-refractivity contribution in [3.05, 3.63) is 64.7 Å². The van der Waals surface area contributed by atoms with Gasteiger partial charge in [-0.25, -0.2) is 14.4 Å². The summed E-state index contributed by atoms with van der Waals surface area (Å²) < 4.78 is 52.5. The van der Waals surface area contributed by atoms with Crippen LogP contribution in [0.4, 0.5) is 23.4 Å². The van der Waals surface area contributed by atoms with Crippen LogP contribution >= 0.6 is 11.3 Å². The van der Waals surface area contributed by atoms with Gasteiger partial charge in [0.15, 0.2) is 0 Å². The van der Waals surface area contributed by atoms with Gasteiger partial charge in [0, 0.05) is 19.3 Å². The summed E-state index contributed by atoms with van der Waals surface area (Å²) in [5.41, 5.74) is 0.241. The lowest BCUT2D eigenvalue weighted by Gasteiger charge is -2.40. The maximum atomic E-state index is 13.6. The van der Waals surface area contributed by atoms with E-state index in [1.54, 1.807) is 17.0 Å². The molecule has 0 bridgehead atoms. The van der Waals surface area contributed by atoms with Crippen LogP contribution in [0.1, 0.15) is 40.8 Å². The third-order valence-corrected chi connectivity index (χ3v) is 7.02. The van der Waals surface area contributed by atoms with Crippen LogP contribution in [0.25, 0.3) is 10.4 Å². The second-order valence-corrected chi connectivity index (χ2v) is 9.61. The van der Waals surface area contributed by atoms with Crippen LogP contribution in [0.15, 0.2) is 42.6 Å². The maximum absolute atomic E-state index is 13.6. The van der Waals surface area contributed by atoms with Crippen molar-refractivity contribution in [1.29, 1.82) is 0 Å². The molecule has 2 atom stereocenters. The largest absolute Gasteiger partial charge is 0.416 e. The summed E-state index contributed by atoms with van der Waals surface area (Å²) in [5.74, 6) is -0.363. The molecule has 2 aromatic heterocycles.